The third kappa shape index (κ3) is 1.93. The quantitative estimate of drug-likeness (QED) is 0.608. The maximum Gasteiger partial charge on any atom is 0.0789 e. The molecule has 2 fully saturated rings. The van der Waals surface area contributed by atoms with E-state index in [4.69, 9.17) is 5.73 Å². The SMILES string of the molecule is CN1CC2(CCN(C[C@@H](O)CN)C2)C1. The lowest BCUT2D eigenvalue weighted by molar-refractivity contribution is 0.0260. The second-order valence-electron chi connectivity index (χ2n) is 5.05. The first kappa shape index (κ1) is 10.4. The van der Waals surface area contributed by atoms with E-state index in [9.17, 15) is 5.11 Å². The van der Waals surface area contributed by atoms with E-state index < -0.39 is 0 Å². The molecule has 0 aromatic heterocycles. The highest BCUT2D eigenvalue weighted by Crippen LogP contribution is 2.38. The zero-order chi connectivity index (χ0) is 10.2. The topological polar surface area (TPSA) is 52.7 Å². The van der Waals surface area contributed by atoms with Crippen LogP contribution >= 0.6 is 0 Å². The molecule has 82 valence electrons. The molecule has 3 N–H and O–H groups in total. The highest BCUT2D eigenvalue weighted by molar-refractivity contribution is 5.00. The molecule has 0 bridgehead atoms. The Morgan fingerprint density at radius 3 is 2.71 bits per heavy atom. The Bertz CT molecular complexity index is 204. The number of hydrogen-bond acceptors (Lipinski definition) is 4. The van der Waals surface area contributed by atoms with Crippen LogP contribution in [0.15, 0.2) is 0 Å². The summed E-state index contributed by atoms with van der Waals surface area (Å²) in [5, 5.41) is 9.45. The highest BCUT2D eigenvalue weighted by Gasteiger charge is 2.45. The molecule has 0 amide bonds. The van der Waals surface area contributed by atoms with Gasteiger partial charge in [0.2, 0.25) is 0 Å². The minimum Gasteiger partial charge on any atom is -0.390 e. The number of aliphatic hydroxyl groups excluding tert-OH is 1. The summed E-state index contributed by atoms with van der Waals surface area (Å²) in [6, 6.07) is 0. The van der Waals surface area contributed by atoms with E-state index >= 15 is 0 Å². The summed E-state index contributed by atoms with van der Waals surface area (Å²) in [6.45, 7) is 5.86. The monoisotopic (exact) mass is 199 g/mol. The number of nitrogens with zero attached hydrogens (tertiary/aromatic N) is 2. The molecule has 0 aliphatic carbocycles. The smallest absolute Gasteiger partial charge is 0.0789 e. The standard InChI is InChI=1S/C10H21N3O/c1-12-6-10(7-12)2-3-13(8-10)5-9(14)4-11/h9,14H,2-8,11H2,1H3/t9-/m0/s1. The van der Waals surface area contributed by atoms with Crippen molar-refractivity contribution in [3.63, 3.8) is 0 Å². The molecule has 0 aromatic carbocycles. The molecule has 4 heteroatoms. The molecule has 2 rings (SSSR count). The number of hydrogen-bond donors (Lipinski definition) is 2. The van der Waals surface area contributed by atoms with Gasteiger partial charge in [-0.25, -0.2) is 0 Å². The van der Waals surface area contributed by atoms with Gasteiger partial charge in [-0.3, -0.25) is 0 Å². The normalized spacial score (nSPS) is 29.4. The summed E-state index contributed by atoms with van der Waals surface area (Å²) in [7, 11) is 2.17. The van der Waals surface area contributed by atoms with Crippen molar-refractivity contribution in [3.05, 3.63) is 0 Å². The van der Waals surface area contributed by atoms with Gasteiger partial charge in [0.1, 0.15) is 0 Å². The molecule has 14 heavy (non-hydrogen) atoms. The van der Waals surface area contributed by atoms with Crippen LogP contribution in [-0.2, 0) is 0 Å². The molecule has 4 nitrogen and oxygen atoms in total. The lowest BCUT2D eigenvalue weighted by Gasteiger charge is -2.46. The first-order chi connectivity index (χ1) is 6.63. The molecule has 0 saturated carbocycles. The van der Waals surface area contributed by atoms with E-state index in [1.54, 1.807) is 0 Å². The molecule has 1 spiro atoms. The fraction of sp³-hybridized carbons (Fsp3) is 1.00. The van der Waals surface area contributed by atoms with Crippen molar-refractivity contribution in [3.8, 4) is 0 Å². The Morgan fingerprint density at radius 2 is 2.14 bits per heavy atom. The van der Waals surface area contributed by atoms with Crippen molar-refractivity contribution < 1.29 is 5.11 Å². The van der Waals surface area contributed by atoms with Gasteiger partial charge < -0.3 is 20.6 Å². The first-order valence-electron chi connectivity index (χ1n) is 5.43. The lowest BCUT2D eigenvalue weighted by atomic mass is 9.79. The average Bonchev–Trinajstić information content (AvgIpc) is 2.48. The van der Waals surface area contributed by atoms with Gasteiger partial charge in [-0.15, -0.1) is 0 Å². The Morgan fingerprint density at radius 1 is 1.43 bits per heavy atom. The van der Waals surface area contributed by atoms with Crippen LogP contribution in [0.4, 0.5) is 0 Å². The predicted octanol–water partition coefficient (Wildman–Crippen LogP) is -1.06. The highest BCUT2D eigenvalue weighted by atomic mass is 16.3. The maximum atomic E-state index is 9.45. The summed E-state index contributed by atoms with van der Waals surface area (Å²) in [5.41, 5.74) is 5.95. The van der Waals surface area contributed by atoms with Gasteiger partial charge in [-0.05, 0) is 20.0 Å². The molecule has 2 aliphatic rings. The van der Waals surface area contributed by atoms with E-state index in [0.717, 1.165) is 19.6 Å². The molecule has 0 aromatic rings. The molecular weight excluding hydrogens is 178 g/mol. The minimum absolute atomic E-state index is 0.344. The van der Waals surface area contributed by atoms with Crippen molar-refractivity contribution in [2.24, 2.45) is 11.1 Å². The summed E-state index contributed by atoms with van der Waals surface area (Å²) in [6.07, 6.45) is 0.942. The van der Waals surface area contributed by atoms with E-state index in [-0.39, 0.29) is 6.10 Å². The molecule has 2 heterocycles. The van der Waals surface area contributed by atoms with Gasteiger partial charge in [0.15, 0.2) is 0 Å². The number of β-amino-alcohol motifs (C(OH)–C–C–N with tert-alkyl or cyclic N) is 1. The van der Waals surface area contributed by atoms with Crippen molar-refractivity contribution in [1.29, 1.82) is 0 Å². The minimum atomic E-state index is -0.344. The van der Waals surface area contributed by atoms with E-state index in [0.29, 0.717) is 12.0 Å². The van der Waals surface area contributed by atoms with Crippen LogP contribution in [0.1, 0.15) is 6.42 Å². The summed E-state index contributed by atoms with van der Waals surface area (Å²) >= 11 is 0. The van der Waals surface area contributed by atoms with E-state index in [1.807, 2.05) is 0 Å². The van der Waals surface area contributed by atoms with Gasteiger partial charge in [-0.1, -0.05) is 0 Å². The summed E-state index contributed by atoms with van der Waals surface area (Å²) < 4.78 is 0. The molecule has 0 unspecified atom stereocenters. The van der Waals surface area contributed by atoms with Gasteiger partial charge in [0, 0.05) is 38.1 Å². The fourth-order valence-electron chi connectivity index (χ4n) is 2.91. The second-order valence-corrected chi connectivity index (χ2v) is 5.05. The zero-order valence-corrected chi connectivity index (χ0v) is 8.95. The fourth-order valence-corrected chi connectivity index (χ4v) is 2.91. The predicted molar refractivity (Wildman–Crippen MR) is 56.0 cm³/mol. The van der Waals surface area contributed by atoms with Crippen molar-refractivity contribution in [2.45, 2.75) is 12.5 Å². The maximum absolute atomic E-state index is 9.45. The zero-order valence-electron chi connectivity index (χ0n) is 8.95. The van der Waals surface area contributed by atoms with Crippen LogP contribution in [0.3, 0.4) is 0 Å². The lowest BCUT2D eigenvalue weighted by Crippen LogP contribution is -2.55. The van der Waals surface area contributed by atoms with Crippen molar-refractivity contribution in [1.82, 2.24) is 9.80 Å². The molecular formula is C10H21N3O. The van der Waals surface area contributed by atoms with E-state index in [2.05, 4.69) is 16.8 Å². The largest absolute Gasteiger partial charge is 0.390 e. The van der Waals surface area contributed by atoms with Crippen LogP contribution in [0.2, 0.25) is 0 Å². The second kappa shape index (κ2) is 3.77. The molecule has 2 aliphatic heterocycles. The average molecular weight is 199 g/mol. The van der Waals surface area contributed by atoms with Crippen LogP contribution in [-0.4, -0.2) is 67.3 Å². The van der Waals surface area contributed by atoms with Crippen molar-refractivity contribution >= 4 is 0 Å². The van der Waals surface area contributed by atoms with Gasteiger partial charge in [0.25, 0.3) is 0 Å². The number of rotatable bonds is 3. The third-order valence-electron chi connectivity index (χ3n) is 3.47. The Labute approximate surface area is 85.7 Å². The van der Waals surface area contributed by atoms with Gasteiger partial charge >= 0.3 is 0 Å². The molecule has 1 atom stereocenters. The third-order valence-corrected chi connectivity index (χ3v) is 3.47. The van der Waals surface area contributed by atoms with Crippen molar-refractivity contribution in [2.75, 3.05) is 46.3 Å². The van der Waals surface area contributed by atoms with Gasteiger partial charge in [0.05, 0.1) is 6.10 Å². The van der Waals surface area contributed by atoms with Crippen LogP contribution < -0.4 is 5.73 Å². The van der Waals surface area contributed by atoms with Crippen LogP contribution in [0.25, 0.3) is 0 Å². The Kier molecular flexibility index (Phi) is 2.79. The molecule has 2 saturated heterocycles. The Hall–Kier alpha value is -0.160. The van der Waals surface area contributed by atoms with Crippen LogP contribution in [0.5, 0.6) is 0 Å². The number of nitrogens with two attached hydrogens (primary N) is 1. The van der Waals surface area contributed by atoms with Gasteiger partial charge in [-0.2, -0.15) is 0 Å². The first-order valence-corrected chi connectivity index (χ1v) is 5.43. The van der Waals surface area contributed by atoms with Crippen LogP contribution in [0, 0.1) is 5.41 Å². The van der Waals surface area contributed by atoms with E-state index in [1.165, 1.54) is 19.5 Å². The Balaban J connectivity index is 1.78. The summed E-state index contributed by atoms with van der Waals surface area (Å²) in [5.74, 6) is 0. The molecule has 0 radical (unpaired) electrons. The summed E-state index contributed by atoms with van der Waals surface area (Å²) in [4.78, 5) is 4.72. The number of aliphatic hydroxyl groups is 1. The number of likely N-dealkylation sites (tertiary alicyclic amines) is 2.